The minimum atomic E-state index is -3.25. The number of nitrogens with zero attached hydrogens (tertiary/aromatic N) is 4. The van der Waals surface area contributed by atoms with Gasteiger partial charge in [-0.25, -0.2) is 22.7 Å². The number of piperidine rings is 2. The van der Waals surface area contributed by atoms with Crippen LogP contribution in [0.2, 0.25) is 0 Å². The Kier molecular flexibility index (Phi) is 10.6. The van der Waals surface area contributed by atoms with Gasteiger partial charge in [-0.1, -0.05) is 24.6 Å². The van der Waals surface area contributed by atoms with E-state index in [-0.39, 0.29) is 17.7 Å². The van der Waals surface area contributed by atoms with Gasteiger partial charge < -0.3 is 15.0 Å². The molecule has 0 radical (unpaired) electrons. The van der Waals surface area contributed by atoms with Crippen LogP contribution in [0.5, 0.6) is 5.75 Å². The zero-order valence-electron chi connectivity index (χ0n) is 26.2. The highest BCUT2D eigenvalue weighted by molar-refractivity contribution is 7.88. The third-order valence-electron chi connectivity index (χ3n) is 9.52. The molecule has 0 bridgehead atoms. The number of benzene rings is 1. The summed E-state index contributed by atoms with van der Waals surface area (Å²) in [6, 6.07) is 10.2. The summed E-state index contributed by atoms with van der Waals surface area (Å²) in [5, 5.41) is 3.17. The lowest BCUT2D eigenvalue weighted by Crippen LogP contribution is -2.50. The van der Waals surface area contributed by atoms with Gasteiger partial charge in [0.15, 0.2) is 0 Å². The Morgan fingerprint density at radius 3 is 2.66 bits per heavy atom. The minimum absolute atomic E-state index is 0.0247. The van der Waals surface area contributed by atoms with Crippen molar-refractivity contribution in [3.63, 3.8) is 0 Å². The van der Waals surface area contributed by atoms with Crippen molar-refractivity contribution < 1.29 is 22.7 Å². The van der Waals surface area contributed by atoms with E-state index in [4.69, 9.17) is 4.74 Å². The Bertz CT molecular complexity index is 1420. The number of carbonyl (C=O) groups is 2. The number of aromatic nitrogens is 2. The summed E-state index contributed by atoms with van der Waals surface area (Å²) in [4.78, 5) is 37.9. The molecule has 3 aliphatic rings. The first kappa shape index (κ1) is 32.3. The van der Waals surface area contributed by atoms with Gasteiger partial charge in [-0.15, -0.1) is 0 Å². The Hall–Kier alpha value is -3.05. The van der Waals surface area contributed by atoms with Gasteiger partial charge in [0.1, 0.15) is 11.6 Å². The Morgan fingerprint density at radius 2 is 1.86 bits per heavy atom. The lowest BCUT2D eigenvalue weighted by atomic mass is 9.73. The SMILES string of the molecule is Cc1nc(CCC(=O)N2CCC3(CCCCc4ccccc4OCCCNC3=O)CC2)cc(C2CCCN(S(C)(=O)=O)C2)n1. The first-order valence-electron chi connectivity index (χ1n) is 16.2. The van der Waals surface area contributed by atoms with Crippen LogP contribution in [0.15, 0.2) is 30.3 Å². The highest BCUT2D eigenvalue weighted by Crippen LogP contribution is 2.38. The minimum Gasteiger partial charge on any atom is -0.493 e. The topological polar surface area (TPSA) is 122 Å². The first-order valence-corrected chi connectivity index (χ1v) is 18.0. The predicted octanol–water partition coefficient (Wildman–Crippen LogP) is 3.78. The molecular weight excluding hydrogens is 578 g/mol. The fourth-order valence-corrected chi connectivity index (χ4v) is 7.83. The third kappa shape index (κ3) is 8.15. The maximum atomic E-state index is 13.5. The predicted molar refractivity (Wildman–Crippen MR) is 169 cm³/mol. The van der Waals surface area contributed by atoms with Crippen LogP contribution in [-0.2, 0) is 32.5 Å². The fraction of sp³-hybridized carbons (Fsp3) is 0.636. The molecule has 1 unspecified atom stereocenters. The van der Waals surface area contributed by atoms with Gasteiger partial charge in [-0.3, -0.25) is 9.59 Å². The van der Waals surface area contributed by atoms with E-state index in [1.165, 1.54) is 16.1 Å². The molecule has 2 fully saturated rings. The van der Waals surface area contributed by atoms with Crippen LogP contribution in [0.4, 0.5) is 0 Å². The molecule has 2 saturated heterocycles. The molecule has 1 spiro atoms. The lowest BCUT2D eigenvalue weighted by molar-refractivity contribution is -0.141. The van der Waals surface area contributed by atoms with Crippen LogP contribution < -0.4 is 10.1 Å². The van der Waals surface area contributed by atoms with E-state index >= 15 is 0 Å². The van der Waals surface area contributed by atoms with Crippen molar-refractivity contribution in [2.75, 3.05) is 45.6 Å². The molecule has 1 N–H and O–H groups in total. The molecule has 1 aromatic carbocycles. The van der Waals surface area contributed by atoms with Gasteiger partial charge in [0.2, 0.25) is 21.8 Å². The number of ether oxygens (including phenoxy) is 1. The van der Waals surface area contributed by atoms with Crippen LogP contribution in [0, 0.1) is 12.3 Å². The molecule has 0 aliphatic carbocycles. The zero-order chi connectivity index (χ0) is 31.2. The maximum Gasteiger partial charge on any atom is 0.226 e. The number of hydrogen-bond donors (Lipinski definition) is 1. The quantitative estimate of drug-likeness (QED) is 0.537. The Morgan fingerprint density at radius 1 is 1.07 bits per heavy atom. The van der Waals surface area contributed by atoms with Gasteiger partial charge in [0.05, 0.1) is 18.3 Å². The zero-order valence-corrected chi connectivity index (χ0v) is 27.0. The fourth-order valence-electron chi connectivity index (χ4n) is 6.92. The number of carbonyl (C=O) groups excluding carboxylic acids is 2. The van der Waals surface area contributed by atoms with Gasteiger partial charge in [0, 0.05) is 56.5 Å². The summed E-state index contributed by atoms with van der Waals surface area (Å²) >= 11 is 0. The standard InChI is InChI=1S/C33H47N5O5S/c1-25-35-28(23-29(36-25)27-11-7-19-38(24-27)44(2,41)42)13-14-31(39)37-20-16-33(17-21-37)15-6-5-10-26-9-3-4-12-30(26)43-22-8-18-34-32(33)40/h3-4,9,12,23,27H,5-8,10-11,13-22,24H2,1-2H3,(H,34,40). The molecule has 3 aliphatic heterocycles. The summed E-state index contributed by atoms with van der Waals surface area (Å²) < 4.78 is 31.7. The molecule has 0 saturated carbocycles. The van der Waals surface area contributed by atoms with Gasteiger partial charge in [-0.2, -0.15) is 0 Å². The molecule has 4 heterocycles. The number of fused-ring (bicyclic) bond motifs is 1. The Labute approximate surface area is 262 Å². The highest BCUT2D eigenvalue weighted by atomic mass is 32.2. The van der Waals surface area contributed by atoms with Gasteiger partial charge in [0.25, 0.3) is 0 Å². The van der Waals surface area contributed by atoms with E-state index in [1.54, 1.807) is 0 Å². The monoisotopic (exact) mass is 625 g/mol. The van der Waals surface area contributed by atoms with Gasteiger partial charge in [-0.05, 0) is 82.4 Å². The van der Waals surface area contributed by atoms with Crippen molar-refractivity contribution >= 4 is 21.8 Å². The van der Waals surface area contributed by atoms with Gasteiger partial charge >= 0.3 is 0 Å². The summed E-state index contributed by atoms with van der Waals surface area (Å²) in [6.45, 7) is 5.13. The molecule has 11 heteroatoms. The van der Waals surface area contributed by atoms with E-state index in [2.05, 4.69) is 27.4 Å². The van der Waals surface area contributed by atoms with Crippen molar-refractivity contribution in [1.29, 1.82) is 0 Å². The number of likely N-dealkylation sites (tertiary alicyclic amines) is 1. The van der Waals surface area contributed by atoms with Crippen molar-refractivity contribution in [2.45, 2.75) is 83.5 Å². The molecule has 2 amide bonds. The maximum absolute atomic E-state index is 13.5. The normalized spacial score (nSPS) is 22.1. The molecule has 10 nitrogen and oxygen atoms in total. The van der Waals surface area contributed by atoms with Crippen molar-refractivity contribution in [1.82, 2.24) is 24.5 Å². The number of nitrogens with one attached hydrogen (secondary N) is 1. The van der Waals surface area contributed by atoms with Crippen molar-refractivity contribution in [3.05, 3.63) is 53.1 Å². The Balaban J connectivity index is 1.16. The molecule has 1 aromatic heterocycles. The second-order valence-corrected chi connectivity index (χ2v) is 14.7. The van der Waals surface area contributed by atoms with E-state index in [0.717, 1.165) is 62.1 Å². The lowest BCUT2D eigenvalue weighted by Gasteiger charge is -2.41. The highest BCUT2D eigenvalue weighted by Gasteiger charge is 2.41. The van der Waals surface area contributed by atoms with E-state index in [9.17, 15) is 18.0 Å². The van der Waals surface area contributed by atoms with Crippen molar-refractivity contribution in [2.24, 2.45) is 5.41 Å². The van der Waals surface area contributed by atoms with Crippen LogP contribution in [-0.4, -0.2) is 85.0 Å². The second kappa shape index (κ2) is 14.4. The number of para-hydroxylation sites is 1. The summed E-state index contributed by atoms with van der Waals surface area (Å²) in [7, 11) is -3.25. The molecule has 2 aromatic rings. The summed E-state index contributed by atoms with van der Waals surface area (Å²) in [5.74, 6) is 1.80. The van der Waals surface area contributed by atoms with Crippen molar-refractivity contribution in [3.8, 4) is 5.75 Å². The smallest absolute Gasteiger partial charge is 0.226 e. The number of amides is 2. The van der Waals surface area contributed by atoms with E-state index < -0.39 is 15.4 Å². The third-order valence-corrected chi connectivity index (χ3v) is 10.8. The van der Waals surface area contributed by atoms with Crippen LogP contribution >= 0.6 is 0 Å². The molecule has 240 valence electrons. The summed E-state index contributed by atoms with van der Waals surface area (Å²) in [6.07, 6.45) is 9.57. The summed E-state index contributed by atoms with van der Waals surface area (Å²) in [5.41, 5.74) is 2.45. The molecule has 44 heavy (non-hydrogen) atoms. The first-order chi connectivity index (χ1) is 21.1. The number of rotatable bonds is 5. The average Bonchev–Trinajstić information content (AvgIpc) is 3.02. The molecule has 5 rings (SSSR count). The van der Waals surface area contributed by atoms with Crippen LogP contribution in [0.25, 0.3) is 0 Å². The number of aryl methyl sites for hydroxylation is 3. The largest absolute Gasteiger partial charge is 0.493 e. The number of sulfonamides is 1. The van der Waals surface area contributed by atoms with E-state index in [0.29, 0.717) is 70.8 Å². The second-order valence-electron chi connectivity index (χ2n) is 12.7. The van der Waals surface area contributed by atoms with E-state index in [1.807, 2.05) is 30.0 Å². The molecular formula is C33H47N5O5S. The van der Waals surface area contributed by atoms with Crippen LogP contribution in [0.1, 0.15) is 86.5 Å². The average molecular weight is 626 g/mol. The molecule has 1 atom stereocenters. The number of hydrogen-bond acceptors (Lipinski definition) is 7. The van der Waals surface area contributed by atoms with Crippen LogP contribution in [0.3, 0.4) is 0 Å².